The van der Waals surface area contributed by atoms with Crippen LogP contribution in [-0.2, 0) is 31.0 Å². The molecule has 2 rings (SSSR count). The number of hydrogen-bond acceptors (Lipinski definition) is 5. The largest absolute Gasteiger partial charge is 0.500 e. The quantitative estimate of drug-likeness (QED) is 0.612. The number of ether oxygens (including phenoxy) is 2. The van der Waals surface area contributed by atoms with E-state index in [0.29, 0.717) is 12.5 Å². The van der Waals surface area contributed by atoms with Gasteiger partial charge in [-0.2, -0.15) is 0 Å². The van der Waals surface area contributed by atoms with E-state index in [1.807, 2.05) is 6.92 Å². The summed E-state index contributed by atoms with van der Waals surface area (Å²) in [4.78, 5) is 0. The Hall–Kier alpha value is -0.923. The van der Waals surface area contributed by atoms with Gasteiger partial charge in [-0.15, -0.1) is 0 Å². The molecule has 1 aliphatic rings. The van der Waals surface area contributed by atoms with Crippen LogP contribution in [-0.4, -0.2) is 35.9 Å². The van der Waals surface area contributed by atoms with Crippen molar-refractivity contribution >= 4 is 8.80 Å². The second-order valence-electron chi connectivity index (χ2n) is 7.19. The van der Waals surface area contributed by atoms with Crippen LogP contribution in [0.4, 0.5) is 0 Å². The number of hydrogen-bond donors (Lipinski definition) is 0. The molecular formula is C19H32O5Si. The third kappa shape index (κ3) is 5.28. The molecule has 6 heteroatoms. The molecule has 0 amide bonds. The van der Waals surface area contributed by atoms with Crippen LogP contribution >= 0.6 is 0 Å². The summed E-state index contributed by atoms with van der Waals surface area (Å²) < 4.78 is 28.6. The Labute approximate surface area is 152 Å². The van der Waals surface area contributed by atoms with Crippen LogP contribution in [0, 0.1) is 5.92 Å². The molecule has 0 radical (unpaired) electrons. The predicted octanol–water partition coefficient (Wildman–Crippen LogP) is 4.17. The SMILES string of the molecule is CO[Si](CCc1ccc2c(c1)COC(C)(CCC(C)C)O2)(OC)OC. The summed E-state index contributed by atoms with van der Waals surface area (Å²) in [6.45, 7) is 7.05. The van der Waals surface area contributed by atoms with E-state index in [1.54, 1.807) is 21.3 Å². The molecule has 1 heterocycles. The van der Waals surface area contributed by atoms with Gasteiger partial charge in [0.15, 0.2) is 0 Å². The molecule has 142 valence electrons. The summed E-state index contributed by atoms with van der Waals surface area (Å²) in [6, 6.07) is 7.05. The van der Waals surface area contributed by atoms with E-state index in [4.69, 9.17) is 22.8 Å². The van der Waals surface area contributed by atoms with Crippen molar-refractivity contribution in [2.45, 2.75) is 58.5 Å². The number of benzene rings is 1. The molecule has 0 aromatic heterocycles. The highest BCUT2D eigenvalue weighted by molar-refractivity contribution is 6.60. The molecule has 1 aromatic rings. The van der Waals surface area contributed by atoms with Gasteiger partial charge in [-0.05, 0) is 36.5 Å². The molecule has 0 saturated heterocycles. The molecule has 5 nitrogen and oxygen atoms in total. The number of aryl methyl sites for hydroxylation is 1. The summed E-state index contributed by atoms with van der Waals surface area (Å²) in [5.74, 6) is 1.04. The van der Waals surface area contributed by atoms with Gasteiger partial charge >= 0.3 is 8.80 Å². The Bertz CT molecular complexity index is 550. The molecule has 1 unspecified atom stereocenters. The van der Waals surface area contributed by atoms with Crippen LogP contribution in [0.2, 0.25) is 6.04 Å². The zero-order valence-corrected chi connectivity index (χ0v) is 17.4. The van der Waals surface area contributed by atoms with Crippen LogP contribution in [0.5, 0.6) is 5.75 Å². The minimum Gasteiger partial charge on any atom is -0.462 e. The van der Waals surface area contributed by atoms with E-state index >= 15 is 0 Å². The summed E-state index contributed by atoms with van der Waals surface area (Å²) in [6.07, 6.45) is 2.82. The molecule has 1 atom stereocenters. The highest BCUT2D eigenvalue weighted by Crippen LogP contribution is 2.35. The highest BCUT2D eigenvalue weighted by Gasteiger charge is 2.37. The van der Waals surface area contributed by atoms with Crippen molar-refractivity contribution in [3.8, 4) is 5.75 Å². The van der Waals surface area contributed by atoms with Crippen molar-refractivity contribution in [3.05, 3.63) is 29.3 Å². The molecule has 25 heavy (non-hydrogen) atoms. The smallest absolute Gasteiger partial charge is 0.462 e. The molecule has 0 aliphatic carbocycles. The van der Waals surface area contributed by atoms with Crippen LogP contribution in [0.3, 0.4) is 0 Å². The maximum Gasteiger partial charge on any atom is 0.500 e. The van der Waals surface area contributed by atoms with E-state index in [0.717, 1.165) is 36.6 Å². The molecule has 0 spiro atoms. The first-order valence-electron chi connectivity index (χ1n) is 8.95. The minimum absolute atomic E-state index is 0.525. The van der Waals surface area contributed by atoms with Gasteiger partial charge in [0.1, 0.15) is 5.75 Å². The van der Waals surface area contributed by atoms with Crippen molar-refractivity contribution < 1.29 is 22.8 Å². The summed E-state index contributed by atoms with van der Waals surface area (Å²) in [7, 11) is 2.39. The van der Waals surface area contributed by atoms with Gasteiger partial charge in [0.25, 0.3) is 0 Å². The number of rotatable bonds is 9. The van der Waals surface area contributed by atoms with E-state index in [-0.39, 0.29) is 0 Å². The topological polar surface area (TPSA) is 46.2 Å². The predicted molar refractivity (Wildman–Crippen MR) is 99.6 cm³/mol. The lowest BCUT2D eigenvalue weighted by atomic mass is 10.0. The van der Waals surface area contributed by atoms with E-state index in [9.17, 15) is 0 Å². The maximum atomic E-state index is 6.15. The summed E-state index contributed by atoms with van der Waals surface area (Å²) in [5.41, 5.74) is 2.30. The molecule has 0 saturated carbocycles. The van der Waals surface area contributed by atoms with Crippen LogP contribution in [0.1, 0.15) is 44.7 Å². The van der Waals surface area contributed by atoms with Crippen LogP contribution in [0.25, 0.3) is 0 Å². The molecule has 1 aromatic carbocycles. The van der Waals surface area contributed by atoms with Gasteiger partial charge in [0, 0.05) is 46.3 Å². The maximum absolute atomic E-state index is 6.15. The van der Waals surface area contributed by atoms with Crippen molar-refractivity contribution in [1.29, 1.82) is 0 Å². The van der Waals surface area contributed by atoms with Crippen molar-refractivity contribution in [2.24, 2.45) is 5.92 Å². The lowest BCUT2D eigenvalue weighted by Crippen LogP contribution is -2.43. The fraction of sp³-hybridized carbons (Fsp3) is 0.684. The molecule has 0 N–H and O–H groups in total. The van der Waals surface area contributed by atoms with Gasteiger partial charge in [-0.25, -0.2) is 0 Å². The van der Waals surface area contributed by atoms with E-state index in [2.05, 4.69) is 32.0 Å². The monoisotopic (exact) mass is 368 g/mol. The van der Waals surface area contributed by atoms with Crippen LogP contribution in [0.15, 0.2) is 18.2 Å². The molecule has 0 bridgehead atoms. The third-order valence-corrected chi connectivity index (χ3v) is 7.54. The molecular weight excluding hydrogens is 336 g/mol. The summed E-state index contributed by atoms with van der Waals surface area (Å²) >= 11 is 0. The van der Waals surface area contributed by atoms with Crippen molar-refractivity contribution in [2.75, 3.05) is 21.3 Å². The lowest BCUT2D eigenvalue weighted by Gasteiger charge is -2.36. The molecule has 1 aliphatic heterocycles. The van der Waals surface area contributed by atoms with E-state index < -0.39 is 14.6 Å². The van der Waals surface area contributed by atoms with Gasteiger partial charge in [0.05, 0.1) is 6.61 Å². The summed E-state index contributed by atoms with van der Waals surface area (Å²) in [5, 5.41) is 0. The first-order chi connectivity index (χ1) is 11.9. The average Bonchev–Trinajstić information content (AvgIpc) is 2.62. The zero-order chi connectivity index (χ0) is 18.5. The molecule has 0 fully saturated rings. The Morgan fingerprint density at radius 1 is 1.16 bits per heavy atom. The Balaban J connectivity index is 2.02. The van der Waals surface area contributed by atoms with E-state index in [1.165, 1.54) is 5.56 Å². The second kappa shape index (κ2) is 8.64. The normalized spacial score (nSPS) is 20.4. The average molecular weight is 369 g/mol. The fourth-order valence-corrected chi connectivity index (χ4v) is 4.73. The Kier molecular flexibility index (Phi) is 7.05. The van der Waals surface area contributed by atoms with Gasteiger partial charge in [0.2, 0.25) is 5.79 Å². The van der Waals surface area contributed by atoms with Crippen molar-refractivity contribution in [3.63, 3.8) is 0 Å². The fourth-order valence-electron chi connectivity index (χ4n) is 3.02. The highest BCUT2D eigenvalue weighted by atomic mass is 28.4. The van der Waals surface area contributed by atoms with Gasteiger partial charge < -0.3 is 22.8 Å². The number of fused-ring (bicyclic) bond motifs is 1. The third-order valence-electron chi connectivity index (χ3n) is 4.81. The van der Waals surface area contributed by atoms with Gasteiger partial charge in [-0.1, -0.05) is 19.9 Å². The van der Waals surface area contributed by atoms with Gasteiger partial charge in [-0.3, -0.25) is 0 Å². The Morgan fingerprint density at radius 3 is 2.44 bits per heavy atom. The first-order valence-corrected chi connectivity index (χ1v) is 10.9. The Morgan fingerprint density at radius 2 is 1.84 bits per heavy atom. The van der Waals surface area contributed by atoms with Crippen LogP contribution < -0.4 is 4.74 Å². The van der Waals surface area contributed by atoms with Crippen molar-refractivity contribution in [1.82, 2.24) is 0 Å². The minimum atomic E-state index is -2.54. The zero-order valence-electron chi connectivity index (χ0n) is 16.4. The standard InChI is InChI=1S/C19H32O5Si/c1-15(2)9-11-19(3)23-14-17-13-16(7-8-18(17)24-19)10-12-25(20-4,21-5)22-6/h7-8,13,15H,9-12,14H2,1-6H3. The second-order valence-corrected chi connectivity index (χ2v) is 10.3. The first kappa shape index (κ1) is 20.4. The lowest BCUT2D eigenvalue weighted by molar-refractivity contribution is -0.199.